The maximum atomic E-state index is 11.8. The van der Waals surface area contributed by atoms with Crippen LogP contribution in [0.3, 0.4) is 0 Å². The number of rotatable bonds is 9. The van der Waals surface area contributed by atoms with Gasteiger partial charge < -0.3 is 11.1 Å². The summed E-state index contributed by atoms with van der Waals surface area (Å²) in [5.41, 5.74) is 6.96. The van der Waals surface area contributed by atoms with Crippen LogP contribution < -0.4 is 11.1 Å². The third-order valence-electron chi connectivity index (χ3n) is 3.27. The van der Waals surface area contributed by atoms with Gasteiger partial charge in [0.15, 0.2) is 0 Å². The zero-order valence-corrected chi connectivity index (χ0v) is 11.9. The summed E-state index contributed by atoms with van der Waals surface area (Å²) < 4.78 is 0. The molecular weight excluding hydrogens is 236 g/mol. The van der Waals surface area contributed by atoms with Gasteiger partial charge in [-0.05, 0) is 24.8 Å². The largest absolute Gasteiger partial charge is 0.352 e. The Hall–Kier alpha value is -1.35. The van der Waals surface area contributed by atoms with Gasteiger partial charge in [-0.3, -0.25) is 4.79 Å². The van der Waals surface area contributed by atoms with Crippen molar-refractivity contribution in [2.75, 3.05) is 6.54 Å². The number of hydrogen-bond donors (Lipinski definition) is 2. The van der Waals surface area contributed by atoms with Crippen molar-refractivity contribution in [3.05, 3.63) is 35.9 Å². The van der Waals surface area contributed by atoms with Crippen LogP contribution in [0.25, 0.3) is 0 Å². The first-order chi connectivity index (χ1) is 9.26. The Morgan fingerprint density at radius 1 is 1.26 bits per heavy atom. The first kappa shape index (κ1) is 15.7. The summed E-state index contributed by atoms with van der Waals surface area (Å²) in [5.74, 6) is 0.127. The van der Waals surface area contributed by atoms with E-state index in [9.17, 15) is 4.79 Å². The number of nitrogens with one attached hydrogen (secondary N) is 1. The molecule has 3 N–H and O–H groups in total. The van der Waals surface area contributed by atoms with E-state index < -0.39 is 0 Å². The number of nitrogens with two attached hydrogens (primary N) is 1. The van der Waals surface area contributed by atoms with E-state index in [2.05, 4.69) is 24.4 Å². The van der Waals surface area contributed by atoms with Gasteiger partial charge in [-0.1, -0.05) is 50.1 Å². The smallest absolute Gasteiger partial charge is 0.220 e. The molecule has 1 aromatic carbocycles. The van der Waals surface area contributed by atoms with Gasteiger partial charge in [-0.2, -0.15) is 0 Å². The summed E-state index contributed by atoms with van der Waals surface area (Å²) in [6.45, 7) is 2.68. The lowest BCUT2D eigenvalue weighted by Gasteiger charge is -2.16. The molecule has 0 heterocycles. The molecular formula is C16H26N2O. The van der Waals surface area contributed by atoms with Crippen LogP contribution in [0.1, 0.15) is 44.6 Å². The van der Waals surface area contributed by atoms with E-state index in [0.29, 0.717) is 13.0 Å². The first-order valence-corrected chi connectivity index (χ1v) is 7.29. The van der Waals surface area contributed by atoms with Crippen molar-refractivity contribution >= 4 is 5.91 Å². The van der Waals surface area contributed by atoms with Gasteiger partial charge in [0, 0.05) is 19.0 Å². The predicted molar refractivity (Wildman–Crippen MR) is 79.9 cm³/mol. The summed E-state index contributed by atoms with van der Waals surface area (Å²) in [5, 5.41) is 3.02. The molecule has 0 spiro atoms. The molecule has 3 nitrogen and oxygen atoms in total. The minimum Gasteiger partial charge on any atom is -0.352 e. The molecule has 106 valence electrons. The highest BCUT2D eigenvalue weighted by molar-refractivity contribution is 5.76. The molecule has 1 amide bonds. The number of carbonyl (C=O) groups is 1. The number of unbranched alkanes of at least 4 members (excludes halogenated alkanes) is 1. The summed E-state index contributed by atoms with van der Waals surface area (Å²) in [6, 6.07) is 10.4. The number of aryl methyl sites for hydroxylation is 1. The molecule has 1 rings (SSSR count). The van der Waals surface area contributed by atoms with Crippen molar-refractivity contribution in [2.24, 2.45) is 5.73 Å². The van der Waals surface area contributed by atoms with E-state index in [0.717, 1.165) is 32.1 Å². The summed E-state index contributed by atoms with van der Waals surface area (Å²) in [6.07, 6.45) is 5.67. The van der Waals surface area contributed by atoms with Gasteiger partial charge in [-0.15, -0.1) is 0 Å². The molecule has 0 saturated heterocycles. The molecule has 0 radical (unpaired) electrons. The quantitative estimate of drug-likeness (QED) is 0.719. The Balaban J connectivity index is 2.19. The fourth-order valence-electron chi connectivity index (χ4n) is 2.10. The van der Waals surface area contributed by atoms with E-state index in [1.807, 2.05) is 18.2 Å². The molecule has 1 unspecified atom stereocenters. The first-order valence-electron chi connectivity index (χ1n) is 7.29. The molecule has 0 saturated carbocycles. The van der Waals surface area contributed by atoms with E-state index >= 15 is 0 Å². The van der Waals surface area contributed by atoms with E-state index in [-0.39, 0.29) is 11.9 Å². The third kappa shape index (κ3) is 6.97. The van der Waals surface area contributed by atoms with E-state index in [4.69, 9.17) is 5.73 Å². The van der Waals surface area contributed by atoms with Gasteiger partial charge in [0.1, 0.15) is 0 Å². The zero-order valence-electron chi connectivity index (χ0n) is 11.9. The average Bonchev–Trinajstić information content (AvgIpc) is 2.44. The van der Waals surface area contributed by atoms with Gasteiger partial charge in [0.05, 0.1) is 0 Å². The third-order valence-corrected chi connectivity index (χ3v) is 3.27. The molecule has 0 aromatic heterocycles. The monoisotopic (exact) mass is 262 g/mol. The van der Waals surface area contributed by atoms with Crippen molar-refractivity contribution in [1.82, 2.24) is 5.32 Å². The molecule has 0 bridgehead atoms. The second kappa shape index (κ2) is 9.56. The van der Waals surface area contributed by atoms with Crippen LogP contribution in [0.2, 0.25) is 0 Å². The van der Waals surface area contributed by atoms with Crippen LogP contribution in [0, 0.1) is 0 Å². The van der Waals surface area contributed by atoms with Crippen LogP contribution in [-0.4, -0.2) is 18.5 Å². The van der Waals surface area contributed by atoms with Crippen LogP contribution in [0.4, 0.5) is 0 Å². The second-order valence-corrected chi connectivity index (χ2v) is 4.98. The lowest BCUT2D eigenvalue weighted by molar-refractivity contribution is -0.121. The molecule has 19 heavy (non-hydrogen) atoms. The average molecular weight is 262 g/mol. The Labute approximate surface area is 116 Å². The van der Waals surface area contributed by atoms with E-state index in [1.165, 1.54) is 5.56 Å². The molecule has 0 aliphatic rings. The number of carbonyl (C=O) groups excluding carboxylic acids is 1. The number of benzene rings is 1. The Bertz CT molecular complexity index is 351. The Morgan fingerprint density at radius 2 is 2.00 bits per heavy atom. The SMILES string of the molecule is CCCCC(CN)NC(=O)CCCc1ccccc1. The highest BCUT2D eigenvalue weighted by Crippen LogP contribution is 2.05. The molecule has 1 aromatic rings. The standard InChI is InChI=1S/C16H26N2O/c1-2-3-11-15(13-17)18-16(19)12-7-10-14-8-5-4-6-9-14/h4-6,8-9,15H,2-3,7,10-13,17H2,1H3,(H,18,19). The van der Waals surface area contributed by atoms with Crippen molar-refractivity contribution in [1.29, 1.82) is 0 Å². The fraction of sp³-hybridized carbons (Fsp3) is 0.562. The van der Waals surface area contributed by atoms with Gasteiger partial charge >= 0.3 is 0 Å². The van der Waals surface area contributed by atoms with Crippen LogP contribution in [0.15, 0.2) is 30.3 Å². The second-order valence-electron chi connectivity index (χ2n) is 4.98. The normalized spacial score (nSPS) is 12.1. The van der Waals surface area contributed by atoms with Crippen LogP contribution >= 0.6 is 0 Å². The van der Waals surface area contributed by atoms with Crippen molar-refractivity contribution in [3.8, 4) is 0 Å². The summed E-state index contributed by atoms with van der Waals surface area (Å²) in [7, 11) is 0. The Kier molecular flexibility index (Phi) is 7.91. The van der Waals surface area contributed by atoms with Crippen molar-refractivity contribution < 1.29 is 4.79 Å². The molecule has 0 fully saturated rings. The fourth-order valence-corrected chi connectivity index (χ4v) is 2.10. The minimum absolute atomic E-state index is 0.127. The highest BCUT2D eigenvalue weighted by atomic mass is 16.1. The van der Waals surface area contributed by atoms with Crippen molar-refractivity contribution in [2.45, 2.75) is 51.5 Å². The summed E-state index contributed by atoms with van der Waals surface area (Å²) in [4.78, 5) is 11.8. The lowest BCUT2D eigenvalue weighted by Crippen LogP contribution is -2.40. The zero-order chi connectivity index (χ0) is 13.9. The van der Waals surface area contributed by atoms with Gasteiger partial charge in [0.2, 0.25) is 5.91 Å². The molecule has 3 heteroatoms. The van der Waals surface area contributed by atoms with Crippen molar-refractivity contribution in [3.63, 3.8) is 0 Å². The maximum Gasteiger partial charge on any atom is 0.220 e. The highest BCUT2D eigenvalue weighted by Gasteiger charge is 2.09. The Morgan fingerprint density at radius 3 is 2.63 bits per heavy atom. The molecule has 1 atom stereocenters. The lowest BCUT2D eigenvalue weighted by atomic mass is 10.1. The topological polar surface area (TPSA) is 55.1 Å². The maximum absolute atomic E-state index is 11.8. The number of hydrogen-bond acceptors (Lipinski definition) is 2. The summed E-state index contributed by atoms with van der Waals surface area (Å²) >= 11 is 0. The molecule has 0 aliphatic heterocycles. The van der Waals surface area contributed by atoms with E-state index in [1.54, 1.807) is 0 Å². The molecule has 0 aliphatic carbocycles. The minimum atomic E-state index is 0.127. The van der Waals surface area contributed by atoms with Crippen LogP contribution in [0.5, 0.6) is 0 Å². The van der Waals surface area contributed by atoms with Gasteiger partial charge in [0.25, 0.3) is 0 Å². The van der Waals surface area contributed by atoms with Crippen LogP contribution in [-0.2, 0) is 11.2 Å². The predicted octanol–water partition coefficient (Wildman–Crippen LogP) is 2.64. The van der Waals surface area contributed by atoms with Gasteiger partial charge in [-0.25, -0.2) is 0 Å². The number of amides is 1.